The van der Waals surface area contributed by atoms with Crippen LogP contribution in [0.3, 0.4) is 0 Å². The van der Waals surface area contributed by atoms with Gasteiger partial charge >= 0.3 is 0 Å². The summed E-state index contributed by atoms with van der Waals surface area (Å²) in [7, 11) is 0. The van der Waals surface area contributed by atoms with Gasteiger partial charge in [0, 0.05) is 21.9 Å². The summed E-state index contributed by atoms with van der Waals surface area (Å²) in [5.41, 5.74) is 2.19. The molecular formula is C17H10Cl2O2. The van der Waals surface area contributed by atoms with Crippen molar-refractivity contribution in [1.29, 1.82) is 0 Å². The molecule has 0 spiro atoms. The van der Waals surface area contributed by atoms with Crippen molar-refractivity contribution >= 4 is 40.3 Å². The first-order valence-electron chi connectivity index (χ1n) is 6.27. The predicted molar refractivity (Wildman–Crippen MR) is 86.5 cm³/mol. The Morgan fingerprint density at radius 1 is 0.810 bits per heavy atom. The molecule has 0 amide bonds. The summed E-state index contributed by atoms with van der Waals surface area (Å²) in [5, 5.41) is 11.9. The second-order valence-corrected chi connectivity index (χ2v) is 5.41. The van der Waals surface area contributed by atoms with Crippen LogP contribution in [0.25, 0.3) is 21.9 Å². The molecular weight excluding hydrogens is 307 g/mol. The molecule has 21 heavy (non-hydrogen) atoms. The number of fused-ring (bicyclic) bond motifs is 1. The second-order valence-electron chi connectivity index (χ2n) is 4.66. The molecule has 104 valence electrons. The minimum atomic E-state index is 0.203. The van der Waals surface area contributed by atoms with Crippen molar-refractivity contribution in [3.63, 3.8) is 0 Å². The van der Waals surface area contributed by atoms with Crippen molar-refractivity contribution < 1.29 is 9.90 Å². The molecule has 0 aliphatic rings. The maximum atomic E-state index is 10.9. The molecule has 0 aromatic heterocycles. The number of phenolic OH excluding ortho intramolecular Hbond substituents is 1. The Morgan fingerprint density at radius 3 is 2.10 bits per heavy atom. The van der Waals surface area contributed by atoms with Crippen LogP contribution in [-0.4, -0.2) is 11.4 Å². The van der Waals surface area contributed by atoms with Gasteiger partial charge < -0.3 is 5.11 Å². The average Bonchev–Trinajstić information content (AvgIpc) is 2.50. The Kier molecular flexibility index (Phi) is 3.58. The third-order valence-electron chi connectivity index (χ3n) is 3.40. The molecule has 0 saturated heterocycles. The van der Waals surface area contributed by atoms with Gasteiger partial charge in [-0.15, -0.1) is 0 Å². The van der Waals surface area contributed by atoms with Crippen molar-refractivity contribution in [2.75, 3.05) is 0 Å². The van der Waals surface area contributed by atoms with Crippen LogP contribution in [0, 0.1) is 0 Å². The maximum absolute atomic E-state index is 10.9. The van der Waals surface area contributed by atoms with Gasteiger partial charge in [-0.25, -0.2) is 0 Å². The molecule has 0 aliphatic heterocycles. The Morgan fingerprint density at radius 2 is 1.43 bits per heavy atom. The van der Waals surface area contributed by atoms with Crippen LogP contribution in [-0.2, 0) is 0 Å². The third-order valence-corrected chi connectivity index (χ3v) is 4.23. The van der Waals surface area contributed by atoms with Gasteiger partial charge in [-0.1, -0.05) is 53.5 Å². The quantitative estimate of drug-likeness (QED) is 0.648. The lowest BCUT2D eigenvalue weighted by Crippen LogP contribution is -1.87. The molecule has 0 radical (unpaired) electrons. The number of halogens is 2. The maximum Gasteiger partial charge on any atom is 0.151 e. The fraction of sp³-hybridized carbons (Fsp3) is 0. The Bertz CT molecular complexity index is 840. The van der Waals surface area contributed by atoms with Crippen molar-refractivity contribution in [3.8, 4) is 16.9 Å². The highest BCUT2D eigenvalue weighted by atomic mass is 35.5. The van der Waals surface area contributed by atoms with Crippen LogP contribution in [0.15, 0.2) is 48.5 Å². The van der Waals surface area contributed by atoms with E-state index in [-0.39, 0.29) is 5.75 Å². The second kappa shape index (κ2) is 5.40. The van der Waals surface area contributed by atoms with E-state index in [2.05, 4.69) is 0 Å². The SMILES string of the molecule is O=Cc1ccc2c(Cl)c(-c3ccc(O)cc3)ccc2c1Cl. The summed E-state index contributed by atoms with van der Waals surface area (Å²) in [4.78, 5) is 10.9. The number of hydrogen-bond acceptors (Lipinski definition) is 2. The van der Waals surface area contributed by atoms with Gasteiger partial charge in [0.15, 0.2) is 6.29 Å². The topological polar surface area (TPSA) is 37.3 Å². The normalized spacial score (nSPS) is 10.8. The number of aldehydes is 1. The fourth-order valence-electron chi connectivity index (χ4n) is 2.30. The molecule has 0 unspecified atom stereocenters. The highest BCUT2D eigenvalue weighted by molar-refractivity contribution is 6.42. The van der Waals surface area contributed by atoms with Crippen LogP contribution < -0.4 is 0 Å². The zero-order chi connectivity index (χ0) is 15.0. The van der Waals surface area contributed by atoms with Gasteiger partial charge in [-0.2, -0.15) is 0 Å². The van der Waals surface area contributed by atoms with Crippen LogP contribution in [0.5, 0.6) is 5.75 Å². The Labute approximate surface area is 131 Å². The lowest BCUT2D eigenvalue weighted by atomic mass is 9.99. The first kappa shape index (κ1) is 13.9. The van der Waals surface area contributed by atoms with Crippen LogP contribution in [0.1, 0.15) is 10.4 Å². The average molecular weight is 317 g/mol. The third kappa shape index (κ3) is 2.37. The summed E-state index contributed by atoms with van der Waals surface area (Å²) < 4.78 is 0. The van der Waals surface area contributed by atoms with Gasteiger partial charge in [0.2, 0.25) is 0 Å². The van der Waals surface area contributed by atoms with Crippen LogP contribution in [0.4, 0.5) is 0 Å². The number of carbonyl (C=O) groups excluding carboxylic acids is 1. The van der Waals surface area contributed by atoms with Crippen molar-refractivity contribution in [2.45, 2.75) is 0 Å². The Balaban J connectivity index is 2.26. The molecule has 2 nitrogen and oxygen atoms in total. The van der Waals surface area contributed by atoms with E-state index in [0.29, 0.717) is 15.6 Å². The molecule has 3 aromatic carbocycles. The minimum absolute atomic E-state index is 0.203. The molecule has 1 N–H and O–H groups in total. The molecule has 3 rings (SSSR count). The van der Waals surface area contributed by atoms with E-state index in [0.717, 1.165) is 28.2 Å². The van der Waals surface area contributed by atoms with E-state index in [1.165, 1.54) is 0 Å². The predicted octanol–water partition coefficient (Wildman–Crippen LogP) is 5.33. The lowest BCUT2D eigenvalue weighted by Gasteiger charge is -2.10. The summed E-state index contributed by atoms with van der Waals surface area (Å²) in [6.45, 7) is 0. The molecule has 0 saturated carbocycles. The van der Waals surface area contributed by atoms with Crippen molar-refractivity contribution in [3.05, 3.63) is 64.1 Å². The van der Waals surface area contributed by atoms with E-state index in [1.54, 1.807) is 36.4 Å². The number of phenols is 1. The number of rotatable bonds is 2. The largest absolute Gasteiger partial charge is 0.508 e. The van der Waals surface area contributed by atoms with Crippen LogP contribution >= 0.6 is 23.2 Å². The van der Waals surface area contributed by atoms with E-state index >= 15 is 0 Å². The smallest absolute Gasteiger partial charge is 0.151 e. The summed E-state index contributed by atoms with van der Waals surface area (Å²) >= 11 is 12.7. The monoisotopic (exact) mass is 316 g/mol. The number of carbonyl (C=O) groups is 1. The van der Waals surface area contributed by atoms with Crippen LogP contribution in [0.2, 0.25) is 10.0 Å². The van der Waals surface area contributed by atoms with E-state index < -0.39 is 0 Å². The lowest BCUT2D eigenvalue weighted by molar-refractivity contribution is 0.112. The first-order valence-corrected chi connectivity index (χ1v) is 7.02. The van der Waals surface area contributed by atoms with Gasteiger partial charge in [0.25, 0.3) is 0 Å². The van der Waals surface area contributed by atoms with Gasteiger partial charge in [0.05, 0.1) is 10.0 Å². The standard InChI is InChI=1S/C17H10Cl2O2/c18-16-11(9-20)3-6-15-14(16)8-7-13(17(15)19)10-1-4-12(21)5-2-10/h1-9,21H. The number of hydrogen-bond donors (Lipinski definition) is 1. The van der Waals surface area contributed by atoms with Crippen molar-refractivity contribution in [2.24, 2.45) is 0 Å². The zero-order valence-corrected chi connectivity index (χ0v) is 12.3. The molecule has 0 bridgehead atoms. The highest BCUT2D eigenvalue weighted by Gasteiger charge is 2.11. The first-order chi connectivity index (χ1) is 10.1. The molecule has 3 aromatic rings. The summed E-state index contributed by atoms with van der Waals surface area (Å²) in [6.07, 6.45) is 0.726. The number of benzene rings is 3. The van der Waals surface area contributed by atoms with E-state index in [4.69, 9.17) is 23.2 Å². The fourth-order valence-corrected chi connectivity index (χ4v) is 2.91. The van der Waals surface area contributed by atoms with Gasteiger partial charge in [-0.3, -0.25) is 4.79 Å². The Hall–Kier alpha value is -2.03. The molecule has 4 heteroatoms. The minimum Gasteiger partial charge on any atom is -0.508 e. The van der Waals surface area contributed by atoms with E-state index in [9.17, 15) is 9.90 Å². The van der Waals surface area contributed by atoms with Gasteiger partial charge in [-0.05, 0) is 23.8 Å². The molecule has 0 atom stereocenters. The zero-order valence-electron chi connectivity index (χ0n) is 10.8. The molecule has 0 fully saturated rings. The summed E-state index contributed by atoms with van der Waals surface area (Å²) in [5.74, 6) is 0.203. The molecule has 0 heterocycles. The van der Waals surface area contributed by atoms with E-state index in [1.807, 2.05) is 12.1 Å². The van der Waals surface area contributed by atoms with Crippen molar-refractivity contribution in [1.82, 2.24) is 0 Å². The molecule has 0 aliphatic carbocycles. The van der Waals surface area contributed by atoms with Gasteiger partial charge in [0.1, 0.15) is 5.75 Å². The summed E-state index contributed by atoms with van der Waals surface area (Å²) in [6, 6.07) is 14.0. The highest BCUT2D eigenvalue weighted by Crippen LogP contribution is 2.38. The number of aromatic hydroxyl groups is 1.